The summed E-state index contributed by atoms with van der Waals surface area (Å²) in [6.07, 6.45) is 4.35. The van der Waals surface area contributed by atoms with Crippen LogP contribution in [0.4, 0.5) is 0 Å². The second-order valence-electron chi connectivity index (χ2n) is 4.83. The number of nitrogens with one attached hydrogen (secondary N) is 1. The molecule has 0 saturated heterocycles. The van der Waals surface area contributed by atoms with E-state index in [4.69, 9.17) is 0 Å². The van der Waals surface area contributed by atoms with Gasteiger partial charge in [-0.1, -0.05) is 0 Å². The summed E-state index contributed by atoms with van der Waals surface area (Å²) in [6.45, 7) is 3.58. The van der Waals surface area contributed by atoms with E-state index in [0.29, 0.717) is 13.1 Å². The summed E-state index contributed by atoms with van der Waals surface area (Å²) < 4.78 is 2.00. The Hall–Kier alpha value is -1.43. The molecule has 1 saturated carbocycles. The van der Waals surface area contributed by atoms with Crippen LogP contribution >= 0.6 is 0 Å². The summed E-state index contributed by atoms with van der Waals surface area (Å²) in [5, 5.41) is 11.1. The molecule has 6 nitrogen and oxygen atoms in total. The number of aromatic nitrogens is 3. The molecule has 3 rings (SSSR count). The van der Waals surface area contributed by atoms with Crippen molar-refractivity contribution in [3.63, 3.8) is 0 Å². The van der Waals surface area contributed by atoms with Gasteiger partial charge in [0.2, 0.25) is 5.91 Å². The normalized spacial score (nSPS) is 19.2. The largest absolute Gasteiger partial charge is 0.332 e. The van der Waals surface area contributed by atoms with Crippen LogP contribution in [0.2, 0.25) is 0 Å². The number of fused-ring (bicyclic) bond motifs is 1. The highest BCUT2D eigenvalue weighted by Crippen LogP contribution is 2.27. The first-order valence-electron chi connectivity index (χ1n) is 6.18. The van der Waals surface area contributed by atoms with Crippen LogP contribution in [0.1, 0.15) is 18.7 Å². The first-order valence-corrected chi connectivity index (χ1v) is 6.18. The van der Waals surface area contributed by atoms with Crippen molar-refractivity contribution in [3.8, 4) is 0 Å². The Balaban J connectivity index is 1.49. The molecule has 2 heterocycles. The first kappa shape index (κ1) is 10.7. The van der Waals surface area contributed by atoms with Crippen molar-refractivity contribution < 1.29 is 4.79 Å². The topological polar surface area (TPSA) is 63.1 Å². The summed E-state index contributed by atoms with van der Waals surface area (Å²) in [6, 6.07) is 0. The average Bonchev–Trinajstić information content (AvgIpc) is 3.04. The Morgan fingerprint density at radius 2 is 2.35 bits per heavy atom. The summed E-state index contributed by atoms with van der Waals surface area (Å²) in [5.41, 5.74) is 0. The van der Waals surface area contributed by atoms with Gasteiger partial charge in [0.05, 0.1) is 13.1 Å². The predicted molar refractivity (Wildman–Crippen MR) is 61.0 cm³/mol. The Kier molecular flexibility index (Phi) is 2.80. The van der Waals surface area contributed by atoms with Gasteiger partial charge in [-0.15, -0.1) is 10.2 Å². The number of hydrogen-bond donors (Lipinski definition) is 1. The van der Waals surface area contributed by atoms with E-state index in [1.54, 1.807) is 6.33 Å². The van der Waals surface area contributed by atoms with Gasteiger partial charge in [0.1, 0.15) is 6.33 Å². The molecule has 1 aliphatic heterocycles. The summed E-state index contributed by atoms with van der Waals surface area (Å²) in [5.74, 6) is 1.86. The van der Waals surface area contributed by atoms with Crippen LogP contribution in [0.5, 0.6) is 0 Å². The van der Waals surface area contributed by atoms with Gasteiger partial charge in [-0.25, -0.2) is 0 Å². The van der Waals surface area contributed by atoms with Gasteiger partial charge in [-0.3, -0.25) is 4.79 Å². The molecule has 0 bridgehead atoms. The first-order chi connectivity index (χ1) is 8.33. The van der Waals surface area contributed by atoms with E-state index in [1.807, 2.05) is 9.47 Å². The molecule has 17 heavy (non-hydrogen) atoms. The Morgan fingerprint density at radius 3 is 3.18 bits per heavy atom. The Morgan fingerprint density at radius 1 is 1.47 bits per heavy atom. The fourth-order valence-corrected chi connectivity index (χ4v) is 2.10. The van der Waals surface area contributed by atoms with Gasteiger partial charge in [-0.05, 0) is 25.3 Å². The highest BCUT2D eigenvalue weighted by molar-refractivity contribution is 5.78. The third-order valence-corrected chi connectivity index (χ3v) is 3.40. The molecule has 2 aliphatic rings. The van der Waals surface area contributed by atoms with Crippen molar-refractivity contribution in [2.45, 2.75) is 25.9 Å². The molecule has 0 radical (unpaired) electrons. The maximum Gasteiger partial charge on any atom is 0.236 e. The number of amides is 1. The number of nitrogens with zero attached hydrogens (tertiary/aromatic N) is 4. The fourth-order valence-electron chi connectivity index (χ4n) is 2.10. The lowest BCUT2D eigenvalue weighted by atomic mass is 10.3. The molecule has 6 heteroatoms. The zero-order valence-corrected chi connectivity index (χ0v) is 9.80. The Bertz CT molecular complexity index is 412. The molecule has 0 atom stereocenters. The number of carbonyl (C=O) groups is 1. The molecule has 1 amide bonds. The van der Waals surface area contributed by atoms with Gasteiger partial charge in [0.25, 0.3) is 0 Å². The Labute approximate surface area is 100 Å². The highest BCUT2D eigenvalue weighted by atomic mass is 16.2. The molecule has 92 valence electrons. The standard InChI is InChI=1S/C11H17N5O/c17-11(6-12-5-9-1-2-9)15-3-4-16-8-13-14-10(16)7-15/h8-9,12H,1-7H2. The molecule has 0 aromatic carbocycles. The molecular formula is C11H17N5O. The van der Waals surface area contributed by atoms with Crippen LogP contribution in [0, 0.1) is 5.92 Å². The zero-order valence-electron chi connectivity index (χ0n) is 9.80. The molecule has 1 N–H and O–H groups in total. The van der Waals surface area contributed by atoms with E-state index >= 15 is 0 Å². The molecule has 0 spiro atoms. The van der Waals surface area contributed by atoms with Crippen LogP contribution in [-0.4, -0.2) is 45.2 Å². The van der Waals surface area contributed by atoms with Crippen LogP contribution < -0.4 is 5.32 Å². The van der Waals surface area contributed by atoms with Gasteiger partial charge in [0, 0.05) is 13.1 Å². The summed E-state index contributed by atoms with van der Waals surface area (Å²) >= 11 is 0. The number of rotatable bonds is 4. The van der Waals surface area contributed by atoms with Crippen molar-refractivity contribution in [3.05, 3.63) is 12.2 Å². The van der Waals surface area contributed by atoms with Gasteiger partial charge >= 0.3 is 0 Å². The van der Waals surface area contributed by atoms with Crippen molar-refractivity contribution in [1.29, 1.82) is 0 Å². The fraction of sp³-hybridized carbons (Fsp3) is 0.727. The lowest BCUT2D eigenvalue weighted by Gasteiger charge is -2.27. The van der Waals surface area contributed by atoms with E-state index < -0.39 is 0 Å². The van der Waals surface area contributed by atoms with E-state index in [1.165, 1.54) is 12.8 Å². The minimum Gasteiger partial charge on any atom is -0.332 e. The van der Waals surface area contributed by atoms with Crippen LogP contribution in [0.3, 0.4) is 0 Å². The lowest BCUT2D eigenvalue weighted by Crippen LogP contribution is -2.43. The van der Waals surface area contributed by atoms with Crippen molar-refractivity contribution >= 4 is 5.91 Å². The van der Waals surface area contributed by atoms with Crippen LogP contribution in [0.15, 0.2) is 6.33 Å². The SMILES string of the molecule is O=C(CNCC1CC1)N1CCn2cnnc2C1. The molecule has 0 unspecified atom stereocenters. The molecule has 1 fully saturated rings. The maximum atomic E-state index is 11.9. The minimum absolute atomic E-state index is 0.167. The molecular weight excluding hydrogens is 218 g/mol. The second-order valence-corrected chi connectivity index (χ2v) is 4.83. The summed E-state index contributed by atoms with van der Waals surface area (Å²) in [7, 11) is 0. The third kappa shape index (κ3) is 2.46. The average molecular weight is 235 g/mol. The molecule has 1 aromatic heterocycles. The molecule has 1 aliphatic carbocycles. The van der Waals surface area contributed by atoms with Crippen molar-refractivity contribution in [1.82, 2.24) is 25.0 Å². The molecule has 1 aromatic rings. The predicted octanol–water partition coefficient (Wildman–Crippen LogP) is -0.380. The van der Waals surface area contributed by atoms with Crippen LogP contribution in [-0.2, 0) is 17.9 Å². The highest BCUT2D eigenvalue weighted by Gasteiger charge is 2.23. The van der Waals surface area contributed by atoms with Crippen LogP contribution in [0.25, 0.3) is 0 Å². The van der Waals surface area contributed by atoms with Crippen molar-refractivity contribution in [2.75, 3.05) is 19.6 Å². The second kappa shape index (κ2) is 4.44. The minimum atomic E-state index is 0.167. The zero-order chi connectivity index (χ0) is 11.7. The quantitative estimate of drug-likeness (QED) is 0.772. The van der Waals surface area contributed by atoms with Crippen molar-refractivity contribution in [2.24, 2.45) is 5.92 Å². The van der Waals surface area contributed by atoms with Gasteiger partial charge < -0.3 is 14.8 Å². The number of hydrogen-bond acceptors (Lipinski definition) is 4. The summed E-state index contributed by atoms with van der Waals surface area (Å²) in [4.78, 5) is 13.8. The van der Waals surface area contributed by atoms with Gasteiger partial charge in [0.15, 0.2) is 5.82 Å². The lowest BCUT2D eigenvalue weighted by molar-refractivity contribution is -0.131. The van der Waals surface area contributed by atoms with E-state index in [9.17, 15) is 4.79 Å². The number of carbonyl (C=O) groups excluding carboxylic acids is 1. The van der Waals surface area contributed by atoms with Gasteiger partial charge in [-0.2, -0.15) is 0 Å². The smallest absolute Gasteiger partial charge is 0.236 e. The van der Waals surface area contributed by atoms with E-state index in [2.05, 4.69) is 15.5 Å². The van der Waals surface area contributed by atoms with E-state index in [0.717, 1.165) is 31.4 Å². The monoisotopic (exact) mass is 235 g/mol. The maximum absolute atomic E-state index is 11.9. The van der Waals surface area contributed by atoms with E-state index in [-0.39, 0.29) is 5.91 Å². The third-order valence-electron chi connectivity index (χ3n) is 3.40.